The van der Waals surface area contributed by atoms with E-state index in [9.17, 15) is 4.79 Å². The van der Waals surface area contributed by atoms with E-state index in [-0.39, 0.29) is 5.91 Å². The Kier molecular flexibility index (Phi) is 5.75. The van der Waals surface area contributed by atoms with Crippen LogP contribution in [-0.2, 0) is 0 Å². The third kappa shape index (κ3) is 4.45. The number of fused-ring (bicyclic) bond motifs is 1. The third-order valence-electron chi connectivity index (χ3n) is 4.58. The van der Waals surface area contributed by atoms with Crippen molar-refractivity contribution in [2.75, 3.05) is 13.7 Å². The maximum Gasteiger partial charge on any atom is 0.252 e. The number of rotatable bonds is 6. The van der Waals surface area contributed by atoms with E-state index in [1.165, 1.54) is 0 Å². The van der Waals surface area contributed by atoms with Gasteiger partial charge in [-0.1, -0.05) is 37.6 Å². The van der Waals surface area contributed by atoms with Gasteiger partial charge in [-0.05, 0) is 49.6 Å². The second kappa shape index (κ2) is 8.21. The van der Waals surface area contributed by atoms with Crippen LogP contribution in [0.1, 0.15) is 36.2 Å². The zero-order valence-corrected chi connectivity index (χ0v) is 16.4. The molecule has 0 saturated heterocycles. The first-order valence-corrected chi connectivity index (χ1v) is 9.32. The summed E-state index contributed by atoms with van der Waals surface area (Å²) in [6, 6.07) is 15.6. The van der Waals surface area contributed by atoms with E-state index < -0.39 is 0 Å². The zero-order valence-electron chi connectivity index (χ0n) is 16.4. The van der Waals surface area contributed by atoms with Crippen LogP contribution in [0.3, 0.4) is 0 Å². The van der Waals surface area contributed by atoms with Crippen molar-refractivity contribution < 1.29 is 9.53 Å². The molecule has 3 rings (SSSR count). The van der Waals surface area contributed by atoms with Crippen molar-refractivity contribution in [1.82, 2.24) is 10.3 Å². The zero-order chi connectivity index (χ0) is 19.4. The lowest BCUT2D eigenvalue weighted by molar-refractivity contribution is 0.0953. The summed E-state index contributed by atoms with van der Waals surface area (Å²) in [7, 11) is 1.64. The van der Waals surface area contributed by atoms with Crippen molar-refractivity contribution in [2.45, 2.75) is 27.2 Å². The fraction of sp³-hybridized carbons (Fsp3) is 0.304. The maximum atomic E-state index is 12.9. The van der Waals surface area contributed by atoms with Gasteiger partial charge in [0.15, 0.2) is 0 Å². The minimum absolute atomic E-state index is 0.0576. The third-order valence-corrected chi connectivity index (χ3v) is 4.58. The molecule has 3 aromatic rings. The lowest BCUT2D eigenvalue weighted by atomic mass is 10.0. The highest BCUT2D eigenvalue weighted by atomic mass is 16.5. The number of methoxy groups -OCH3 is 1. The Balaban J connectivity index is 2.06. The number of ether oxygens (including phenoxy) is 1. The van der Waals surface area contributed by atoms with E-state index in [1.807, 2.05) is 55.5 Å². The molecule has 0 aliphatic rings. The molecule has 0 atom stereocenters. The number of aryl methyl sites for hydroxylation is 1. The number of nitrogens with one attached hydrogen (secondary N) is 1. The van der Waals surface area contributed by atoms with Crippen LogP contribution in [0.5, 0.6) is 5.75 Å². The molecule has 0 bridgehead atoms. The van der Waals surface area contributed by atoms with Gasteiger partial charge in [0, 0.05) is 17.5 Å². The summed E-state index contributed by atoms with van der Waals surface area (Å²) in [5, 5.41) is 3.93. The number of carbonyl (C=O) groups is 1. The van der Waals surface area contributed by atoms with E-state index in [2.05, 4.69) is 19.2 Å². The van der Waals surface area contributed by atoms with Gasteiger partial charge in [0.1, 0.15) is 5.75 Å². The average Bonchev–Trinajstić information content (AvgIpc) is 2.66. The summed E-state index contributed by atoms with van der Waals surface area (Å²) >= 11 is 0. The topological polar surface area (TPSA) is 51.2 Å². The summed E-state index contributed by atoms with van der Waals surface area (Å²) < 4.78 is 5.33. The first kappa shape index (κ1) is 18.9. The monoisotopic (exact) mass is 362 g/mol. The first-order chi connectivity index (χ1) is 13.0. The van der Waals surface area contributed by atoms with Crippen LogP contribution in [0.25, 0.3) is 22.2 Å². The molecule has 0 saturated carbocycles. The highest BCUT2D eigenvalue weighted by Gasteiger charge is 2.14. The number of carbonyl (C=O) groups excluding carboxylic acids is 1. The Bertz CT molecular complexity index is 964. The Morgan fingerprint density at radius 3 is 2.70 bits per heavy atom. The lowest BCUT2D eigenvalue weighted by Gasteiger charge is -2.12. The van der Waals surface area contributed by atoms with Crippen molar-refractivity contribution in [3.05, 3.63) is 59.7 Å². The van der Waals surface area contributed by atoms with Crippen LogP contribution < -0.4 is 10.1 Å². The van der Waals surface area contributed by atoms with Crippen LogP contribution in [0.15, 0.2) is 48.5 Å². The molecule has 2 aromatic carbocycles. The Hall–Kier alpha value is -2.88. The van der Waals surface area contributed by atoms with Crippen molar-refractivity contribution in [2.24, 2.45) is 5.92 Å². The Labute approximate surface area is 160 Å². The molecule has 0 aliphatic carbocycles. The number of hydrogen-bond donors (Lipinski definition) is 1. The van der Waals surface area contributed by atoms with Crippen molar-refractivity contribution in [3.8, 4) is 17.0 Å². The number of pyridine rings is 1. The molecule has 0 aliphatic heterocycles. The second-order valence-corrected chi connectivity index (χ2v) is 7.25. The summed E-state index contributed by atoms with van der Waals surface area (Å²) in [4.78, 5) is 17.7. The maximum absolute atomic E-state index is 12.9. The first-order valence-electron chi connectivity index (χ1n) is 9.32. The van der Waals surface area contributed by atoms with Crippen molar-refractivity contribution >= 4 is 16.8 Å². The predicted molar refractivity (Wildman–Crippen MR) is 110 cm³/mol. The molecule has 0 radical (unpaired) electrons. The number of hydrogen-bond acceptors (Lipinski definition) is 3. The Morgan fingerprint density at radius 1 is 1.15 bits per heavy atom. The second-order valence-electron chi connectivity index (χ2n) is 7.25. The van der Waals surface area contributed by atoms with E-state index in [1.54, 1.807) is 7.11 Å². The van der Waals surface area contributed by atoms with E-state index in [4.69, 9.17) is 9.72 Å². The lowest BCUT2D eigenvalue weighted by Crippen LogP contribution is -2.25. The molecule has 1 amide bonds. The van der Waals surface area contributed by atoms with Crippen LogP contribution >= 0.6 is 0 Å². The van der Waals surface area contributed by atoms with Crippen LogP contribution in [0, 0.1) is 12.8 Å². The summed E-state index contributed by atoms with van der Waals surface area (Å²) in [5.41, 5.74) is 4.27. The standard InChI is InChI=1S/C23H26N2O2/c1-15(2)10-11-24-23(26)20-14-22(17-6-5-7-18(13-17)27-4)25-21-9-8-16(3)12-19(20)21/h5-9,12-15H,10-11H2,1-4H3,(H,24,26). The van der Waals surface area contributed by atoms with Crippen LogP contribution in [0.4, 0.5) is 0 Å². The molecule has 1 aromatic heterocycles. The summed E-state index contributed by atoms with van der Waals surface area (Å²) in [5.74, 6) is 1.26. The highest BCUT2D eigenvalue weighted by molar-refractivity contribution is 6.07. The van der Waals surface area contributed by atoms with Gasteiger partial charge >= 0.3 is 0 Å². The molecule has 0 spiro atoms. The van der Waals surface area contributed by atoms with Gasteiger partial charge in [-0.25, -0.2) is 4.98 Å². The fourth-order valence-electron chi connectivity index (χ4n) is 3.03. The van der Waals surface area contributed by atoms with Gasteiger partial charge in [0.25, 0.3) is 5.91 Å². The van der Waals surface area contributed by atoms with Crippen LogP contribution in [-0.4, -0.2) is 24.5 Å². The van der Waals surface area contributed by atoms with Crippen molar-refractivity contribution in [3.63, 3.8) is 0 Å². The van der Waals surface area contributed by atoms with Gasteiger partial charge in [0.2, 0.25) is 0 Å². The smallest absolute Gasteiger partial charge is 0.252 e. The molecular weight excluding hydrogens is 336 g/mol. The van der Waals surface area contributed by atoms with Gasteiger partial charge in [-0.15, -0.1) is 0 Å². The van der Waals surface area contributed by atoms with Gasteiger partial charge < -0.3 is 10.1 Å². The predicted octanol–water partition coefficient (Wildman–Crippen LogP) is 4.99. The average molecular weight is 362 g/mol. The SMILES string of the molecule is COc1cccc(-c2cc(C(=O)NCCC(C)C)c3cc(C)ccc3n2)c1. The number of amides is 1. The minimum Gasteiger partial charge on any atom is -0.497 e. The molecule has 27 heavy (non-hydrogen) atoms. The van der Waals surface area contributed by atoms with Gasteiger partial charge in [-0.3, -0.25) is 4.79 Å². The van der Waals surface area contributed by atoms with Gasteiger partial charge in [0.05, 0.1) is 23.9 Å². The molecular formula is C23H26N2O2. The number of benzene rings is 2. The Morgan fingerprint density at radius 2 is 1.96 bits per heavy atom. The largest absolute Gasteiger partial charge is 0.497 e. The molecule has 4 nitrogen and oxygen atoms in total. The molecule has 0 unspecified atom stereocenters. The van der Waals surface area contributed by atoms with Gasteiger partial charge in [-0.2, -0.15) is 0 Å². The summed E-state index contributed by atoms with van der Waals surface area (Å²) in [6.45, 7) is 6.99. The van der Waals surface area contributed by atoms with E-state index in [0.29, 0.717) is 18.0 Å². The summed E-state index contributed by atoms with van der Waals surface area (Å²) in [6.07, 6.45) is 0.955. The van der Waals surface area contributed by atoms with Crippen LogP contribution in [0.2, 0.25) is 0 Å². The number of nitrogens with zero attached hydrogens (tertiary/aromatic N) is 1. The quantitative estimate of drug-likeness (QED) is 0.672. The normalized spacial score (nSPS) is 11.0. The van der Waals surface area contributed by atoms with Crippen molar-refractivity contribution in [1.29, 1.82) is 0 Å². The highest BCUT2D eigenvalue weighted by Crippen LogP contribution is 2.27. The molecule has 1 N–H and O–H groups in total. The fourth-order valence-corrected chi connectivity index (χ4v) is 3.03. The van der Waals surface area contributed by atoms with E-state index >= 15 is 0 Å². The molecule has 1 heterocycles. The molecule has 4 heteroatoms. The van der Waals surface area contributed by atoms with E-state index in [0.717, 1.165) is 39.9 Å². The molecule has 140 valence electrons. The molecule has 0 fully saturated rings. The number of aromatic nitrogens is 1. The minimum atomic E-state index is -0.0576.